The van der Waals surface area contributed by atoms with Gasteiger partial charge in [-0.2, -0.15) is 0 Å². The van der Waals surface area contributed by atoms with Gasteiger partial charge in [-0.15, -0.1) is 0 Å². The van der Waals surface area contributed by atoms with Gasteiger partial charge in [0, 0.05) is 25.2 Å². The predicted molar refractivity (Wildman–Crippen MR) is 79.2 cm³/mol. The minimum atomic E-state index is -0.292. The summed E-state index contributed by atoms with van der Waals surface area (Å²) in [6, 6.07) is 8.69. The van der Waals surface area contributed by atoms with E-state index in [1.54, 1.807) is 29.2 Å². The topological polar surface area (TPSA) is 87.7 Å². The molecule has 0 radical (unpaired) electrons. The van der Waals surface area contributed by atoms with Crippen LogP contribution in [0.2, 0.25) is 0 Å². The lowest BCUT2D eigenvalue weighted by Gasteiger charge is -2.26. The van der Waals surface area contributed by atoms with E-state index in [4.69, 9.17) is 4.74 Å². The smallest absolute Gasteiger partial charge is 0.251 e. The van der Waals surface area contributed by atoms with Gasteiger partial charge in [0.15, 0.2) is 0 Å². The second-order valence-corrected chi connectivity index (χ2v) is 4.83. The Balaban J connectivity index is 1.64. The summed E-state index contributed by atoms with van der Waals surface area (Å²) in [6.45, 7) is 1.87. The lowest BCUT2D eigenvalue weighted by Crippen LogP contribution is -2.46. The van der Waals surface area contributed by atoms with E-state index >= 15 is 0 Å². The Bertz CT molecular complexity index is 533. The van der Waals surface area contributed by atoms with Gasteiger partial charge in [0.1, 0.15) is 6.61 Å². The molecule has 0 atom stereocenters. The molecule has 7 nitrogen and oxygen atoms in total. The van der Waals surface area contributed by atoms with Crippen LogP contribution >= 0.6 is 0 Å². The predicted octanol–water partition coefficient (Wildman–Crippen LogP) is -0.609. The number of amides is 3. The van der Waals surface area contributed by atoms with Crippen LogP contribution in [0, 0.1) is 0 Å². The normalized spacial score (nSPS) is 14.5. The number of ether oxygens (including phenoxy) is 1. The number of hydrogen-bond acceptors (Lipinski definition) is 4. The van der Waals surface area contributed by atoms with Crippen molar-refractivity contribution < 1.29 is 19.1 Å². The van der Waals surface area contributed by atoms with E-state index in [1.165, 1.54) is 0 Å². The van der Waals surface area contributed by atoms with Crippen LogP contribution in [0.4, 0.5) is 0 Å². The van der Waals surface area contributed by atoms with E-state index in [0.29, 0.717) is 31.8 Å². The molecule has 1 fully saturated rings. The molecular formula is C15H19N3O4. The lowest BCUT2D eigenvalue weighted by atomic mass is 10.2. The maximum Gasteiger partial charge on any atom is 0.251 e. The van der Waals surface area contributed by atoms with Crippen LogP contribution in [0.1, 0.15) is 10.4 Å². The molecule has 2 rings (SSSR count). The molecule has 1 aliphatic rings. The van der Waals surface area contributed by atoms with Crippen molar-refractivity contribution in [3.63, 3.8) is 0 Å². The average molecular weight is 305 g/mol. The van der Waals surface area contributed by atoms with Gasteiger partial charge in [-0.3, -0.25) is 14.4 Å². The first-order valence-corrected chi connectivity index (χ1v) is 7.12. The zero-order valence-corrected chi connectivity index (χ0v) is 12.2. The second-order valence-electron chi connectivity index (χ2n) is 4.83. The van der Waals surface area contributed by atoms with Crippen molar-refractivity contribution in [2.24, 2.45) is 0 Å². The summed E-state index contributed by atoms with van der Waals surface area (Å²) in [5, 5.41) is 5.21. The van der Waals surface area contributed by atoms with Crippen LogP contribution in [0.25, 0.3) is 0 Å². The molecule has 1 aromatic rings. The van der Waals surface area contributed by atoms with E-state index in [0.717, 1.165) is 0 Å². The maximum atomic E-state index is 11.8. The number of hydrogen-bond donors (Lipinski definition) is 2. The molecule has 0 saturated carbocycles. The van der Waals surface area contributed by atoms with Crippen molar-refractivity contribution in [1.82, 2.24) is 15.5 Å². The summed E-state index contributed by atoms with van der Waals surface area (Å²) in [7, 11) is 0. The highest BCUT2D eigenvalue weighted by atomic mass is 16.5. The number of carbonyl (C=O) groups is 3. The average Bonchev–Trinajstić information content (AvgIpc) is 2.55. The fraction of sp³-hybridized carbons (Fsp3) is 0.400. The quantitative estimate of drug-likeness (QED) is 0.734. The van der Waals surface area contributed by atoms with E-state index in [1.807, 2.05) is 6.07 Å². The summed E-state index contributed by atoms with van der Waals surface area (Å²) >= 11 is 0. The first kappa shape index (κ1) is 16.0. The van der Waals surface area contributed by atoms with Crippen molar-refractivity contribution in [2.45, 2.75) is 0 Å². The zero-order chi connectivity index (χ0) is 15.8. The van der Waals surface area contributed by atoms with Crippen LogP contribution in [-0.4, -0.2) is 62.0 Å². The Morgan fingerprint density at radius 1 is 1.18 bits per heavy atom. The highest BCUT2D eigenvalue weighted by Crippen LogP contribution is 1.98. The third kappa shape index (κ3) is 4.85. The van der Waals surface area contributed by atoms with Crippen molar-refractivity contribution >= 4 is 17.7 Å². The Hall–Kier alpha value is -2.41. The number of nitrogens with one attached hydrogen (secondary N) is 2. The van der Waals surface area contributed by atoms with Crippen LogP contribution in [0.15, 0.2) is 30.3 Å². The van der Waals surface area contributed by atoms with E-state index in [2.05, 4.69) is 10.6 Å². The van der Waals surface area contributed by atoms with Gasteiger partial charge in [-0.1, -0.05) is 18.2 Å². The van der Waals surface area contributed by atoms with Gasteiger partial charge in [0.25, 0.3) is 5.91 Å². The monoisotopic (exact) mass is 305 g/mol. The fourth-order valence-corrected chi connectivity index (χ4v) is 2.03. The molecule has 3 amide bonds. The van der Waals surface area contributed by atoms with Crippen LogP contribution < -0.4 is 10.6 Å². The molecule has 7 heteroatoms. The highest BCUT2D eigenvalue weighted by molar-refractivity contribution is 5.96. The number of morpholine rings is 1. The first-order valence-electron chi connectivity index (χ1n) is 7.12. The van der Waals surface area contributed by atoms with Crippen molar-refractivity contribution in [3.05, 3.63) is 35.9 Å². The summed E-state index contributed by atoms with van der Waals surface area (Å²) in [4.78, 5) is 36.5. The molecule has 118 valence electrons. The molecule has 0 aliphatic carbocycles. The molecular weight excluding hydrogens is 286 g/mol. The Morgan fingerprint density at radius 2 is 1.95 bits per heavy atom. The SMILES string of the molecule is O=C(CNC(=O)c1ccccc1)NCCN1CCOCC1=O. The maximum absolute atomic E-state index is 11.8. The Morgan fingerprint density at radius 3 is 2.68 bits per heavy atom. The second kappa shape index (κ2) is 8.14. The third-order valence-electron chi connectivity index (χ3n) is 3.23. The largest absolute Gasteiger partial charge is 0.370 e. The highest BCUT2D eigenvalue weighted by Gasteiger charge is 2.17. The first-order chi connectivity index (χ1) is 10.7. The molecule has 1 saturated heterocycles. The van der Waals surface area contributed by atoms with Gasteiger partial charge in [0.2, 0.25) is 11.8 Å². The molecule has 1 aromatic carbocycles. The number of carbonyl (C=O) groups excluding carboxylic acids is 3. The van der Waals surface area contributed by atoms with Crippen molar-refractivity contribution in [2.75, 3.05) is 39.4 Å². The van der Waals surface area contributed by atoms with E-state index in [9.17, 15) is 14.4 Å². The molecule has 0 aromatic heterocycles. The standard InChI is InChI=1S/C15H19N3O4/c19-13(10-17-15(21)12-4-2-1-3-5-12)16-6-7-18-8-9-22-11-14(18)20/h1-5H,6-11H2,(H,16,19)(H,17,21). The molecule has 22 heavy (non-hydrogen) atoms. The van der Waals surface area contributed by atoms with Gasteiger partial charge in [-0.05, 0) is 12.1 Å². The summed E-state index contributed by atoms with van der Waals surface area (Å²) in [5.41, 5.74) is 0.509. The zero-order valence-electron chi connectivity index (χ0n) is 12.2. The summed E-state index contributed by atoms with van der Waals surface area (Å²) < 4.78 is 5.02. The molecule has 1 heterocycles. The lowest BCUT2D eigenvalue weighted by molar-refractivity contribution is -0.142. The number of benzene rings is 1. The van der Waals surface area contributed by atoms with Gasteiger partial charge >= 0.3 is 0 Å². The van der Waals surface area contributed by atoms with Gasteiger partial charge < -0.3 is 20.3 Å². The van der Waals surface area contributed by atoms with Crippen LogP contribution in [-0.2, 0) is 14.3 Å². The number of nitrogens with zero attached hydrogens (tertiary/aromatic N) is 1. The molecule has 0 bridgehead atoms. The number of rotatable bonds is 6. The third-order valence-corrected chi connectivity index (χ3v) is 3.23. The molecule has 0 spiro atoms. The van der Waals surface area contributed by atoms with Gasteiger partial charge in [0.05, 0.1) is 13.2 Å². The fourth-order valence-electron chi connectivity index (χ4n) is 2.03. The Labute approximate surface area is 128 Å². The van der Waals surface area contributed by atoms with Crippen molar-refractivity contribution in [3.8, 4) is 0 Å². The minimum Gasteiger partial charge on any atom is -0.370 e. The van der Waals surface area contributed by atoms with E-state index < -0.39 is 0 Å². The summed E-state index contributed by atoms with van der Waals surface area (Å²) in [6.07, 6.45) is 0. The van der Waals surface area contributed by atoms with E-state index in [-0.39, 0.29) is 30.9 Å². The van der Waals surface area contributed by atoms with Crippen LogP contribution in [0.5, 0.6) is 0 Å². The van der Waals surface area contributed by atoms with Gasteiger partial charge in [-0.25, -0.2) is 0 Å². The molecule has 2 N–H and O–H groups in total. The molecule has 1 aliphatic heterocycles. The summed E-state index contributed by atoms with van der Waals surface area (Å²) in [5.74, 6) is -0.651. The van der Waals surface area contributed by atoms with Crippen LogP contribution in [0.3, 0.4) is 0 Å². The minimum absolute atomic E-state index is 0.0714. The van der Waals surface area contributed by atoms with Crippen molar-refractivity contribution in [1.29, 1.82) is 0 Å². The Kier molecular flexibility index (Phi) is 5.91. The molecule has 0 unspecified atom stereocenters.